The van der Waals surface area contributed by atoms with E-state index < -0.39 is 0 Å². The first-order valence-corrected chi connectivity index (χ1v) is 7.26. The van der Waals surface area contributed by atoms with Gasteiger partial charge in [-0.3, -0.25) is 0 Å². The highest BCUT2D eigenvalue weighted by Gasteiger charge is 2.03. The lowest BCUT2D eigenvalue weighted by Crippen LogP contribution is -1.98. The number of thiazole rings is 1. The summed E-state index contributed by atoms with van der Waals surface area (Å²) in [5, 5.41) is 5.01. The molecular weight excluding hydrogens is 276 g/mol. The highest BCUT2D eigenvalue weighted by atomic mass is 35.5. The second kappa shape index (κ2) is 5.19. The van der Waals surface area contributed by atoms with E-state index in [1.807, 2.05) is 18.2 Å². The third-order valence-corrected chi connectivity index (χ3v) is 4.14. The van der Waals surface area contributed by atoms with E-state index in [1.54, 1.807) is 11.3 Å². The van der Waals surface area contributed by atoms with Gasteiger partial charge in [0, 0.05) is 11.6 Å². The Bertz CT molecular complexity index is 704. The van der Waals surface area contributed by atoms with Crippen LogP contribution in [0.4, 0.5) is 5.13 Å². The smallest absolute Gasteiger partial charge is 0.184 e. The van der Waals surface area contributed by atoms with Crippen LogP contribution in [0.5, 0.6) is 0 Å². The molecule has 0 saturated carbocycles. The van der Waals surface area contributed by atoms with Gasteiger partial charge in [-0.1, -0.05) is 52.8 Å². The summed E-state index contributed by atoms with van der Waals surface area (Å²) in [6.07, 6.45) is 0. The standard InChI is InChI=1S/C15H13ClN2S/c1-10-2-4-11(5-3-10)9-17-15-18-13-8-12(16)6-7-14(13)19-15/h2-8H,9H2,1H3,(H,17,18). The van der Waals surface area contributed by atoms with Gasteiger partial charge in [0.15, 0.2) is 5.13 Å². The van der Waals surface area contributed by atoms with Crippen LogP contribution in [0, 0.1) is 6.92 Å². The van der Waals surface area contributed by atoms with Crippen molar-refractivity contribution < 1.29 is 0 Å². The number of aromatic nitrogens is 1. The first-order chi connectivity index (χ1) is 9.20. The van der Waals surface area contributed by atoms with E-state index in [9.17, 15) is 0 Å². The molecule has 0 saturated heterocycles. The average Bonchev–Trinajstić information content (AvgIpc) is 2.80. The summed E-state index contributed by atoms with van der Waals surface area (Å²) in [4.78, 5) is 4.53. The number of hydrogen-bond donors (Lipinski definition) is 1. The van der Waals surface area contributed by atoms with Gasteiger partial charge in [0.25, 0.3) is 0 Å². The molecule has 0 aliphatic rings. The number of benzene rings is 2. The fourth-order valence-corrected chi connectivity index (χ4v) is 2.87. The molecule has 0 spiro atoms. The summed E-state index contributed by atoms with van der Waals surface area (Å²) < 4.78 is 1.15. The van der Waals surface area contributed by atoms with Gasteiger partial charge in [0.05, 0.1) is 10.2 Å². The number of nitrogens with zero attached hydrogens (tertiary/aromatic N) is 1. The van der Waals surface area contributed by atoms with E-state index in [0.29, 0.717) is 0 Å². The zero-order valence-electron chi connectivity index (χ0n) is 10.5. The Morgan fingerprint density at radius 3 is 2.74 bits per heavy atom. The Balaban J connectivity index is 1.76. The largest absolute Gasteiger partial charge is 0.357 e. The summed E-state index contributed by atoms with van der Waals surface area (Å²) in [5.74, 6) is 0. The van der Waals surface area contributed by atoms with Crippen LogP contribution in [-0.2, 0) is 6.54 Å². The Morgan fingerprint density at radius 1 is 1.16 bits per heavy atom. The summed E-state index contributed by atoms with van der Waals surface area (Å²) in [6.45, 7) is 2.88. The monoisotopic (exact) mass is 288 g/mol. The molecule has 0 bridgehead atoms. The second-order valence-corrected chi connectivity index (χ2v) is 5.94. The average molecular weight is 289 g/mol. The lowest BCUT2D eigenvalue weighted by atomic mass is 10.1. The van der Waals surface area contributed by atoms with Crippen LogP contribution in [0.25, 0.3) is 10.2 Å². The summed E-state index contributed by atoms with van der Waals surface area (Å²) in [6, 6.07) is 14.3. The zero-order valence-corrected chi connectivity index (χ0v) is 12.1. The van der Waals surface area contributed by atoms with E-state index in [-0.39, 0.29) is 0 Å². The van der Waals surface area contributed by atoms with Gasteiger partial charge in [-0.05, 0) is 30.7 Å². The van der Waals surface area contributed by atoms with Crippen LogP contribution >= 0.6 is 22.9 Å². The third kappa shape index (κ3) is 2.88. The molecule has 0 aliphatic heterocycles. The number of anilines is 1. The van der Waals surface area contributed by atoms with Gasteiger partial charge in [-0.2, -0.15) is 0 Å². The fourth-order valence-electron chi connectivity index (χ4n) is 1.86. The highest BCUT2D eigenvalue weighted by molar-refractivity contribution is 7.22. The number of rotatable bonds is 3. The molecule has 19 heavy (non-hydrogen) atoms. The SMILES string of the molecule is Cc1ccc(CNc2nc3cc(Cl)ccc3s2)cc1. The molecule has 1 heterocycles. The second-order valence-electron chi connectivity index (χ2n) is 4.47. The van der Waals surface area contributed by atoms with Gasteiger partial charge in [0.2, 0.25) is 0 Å². The minimum atomic E-state index is 0.725. The minimum absolute atomic E-state index is 0.725. The summed E-state index contributed by atoms with van der Waals surface area (Å²) >= 11 is 7.61. The molecule has 0 fully saturated rings. The van der Waals surface area contributed by atoms with Gasteiger partial charge < -0.3 is 5.32 Å². The van der Waals surface area contributed by atoms with Crippen LogP contribution < -0.4 is 5.32 Å². The zero-order chi connectivity index (χ0) is 13.2. The normalized spacial score (nSPS) is 10.8. The van der Waals surface area contributed by atoms with Crippen LogP contribution in [0.2, 0.25) is 5.02 Å². The highest BCUT2D eigenvalue weighted by Crippen LogP contribution is 2.28. The first-order valence-electron chi connectivity index (χ1n) is 6.06. The van der Waals surface area contributed by atoms with Gasteiger partial charge >= 0.3 is 0 Å². The van der Waals surface area contributed by atoms with Gasteiger partial charge in [0.1, 0.15) is 0 Å². The third-order valence-electron chi connectivity index (χ3n) is 2.91. The first kappa shape index (κ1) is 12.5. The van der Waals surface area contributed by atoms with Crippen molar-refractivity contribution in [3.8, 4) is 0 Å². The van der Waals surface area contributed by atoms with Gasteiger partial charge in [-0.25, -0.2) is 4.98 Å². The van der Waals surface area contributed by atoms with Crippen molar-refractivity contribution in [3.05, 3.63) is 58.6 Å². The lowest BCUT2D eigenvalue weighted by Gasteiger charge is -2.02. The minimum Gasteiger partial charge on any atom is -0.357 e. The quantitative estimate of drug-likeness (QED) is 0.744. The van der Waals surface area contributed by atoms with Crippen molar-refractivity contribution in [1.29, 1.82) is 0 Å². The molecule has 4 heteroatoms. The van der Waals surface area contributed by atoms with E-state index in [4.69, 9.17) is 11.6 Å². The molecular formula is C15H13ClN2S. The molecule has 3 aromatic rings. The van der Waals surface area contributed by atoms with Crippen molar-refractivity contribution in [1.82, 2.24) is 4.98 Å². The van der Waals surface area contributed by atoms with Gasteiger partial charge in [-0.15, -0.1) is 0 Å². The number of hydrogen-bond acceptors (Lipinski definition) is 3. The maximum Gasteiger partial charge on any atom is 0.184 e. The lowest BCUT2D eigenvalue weighted by molar-refractivity contribution is 1.14. The van der Waals surface area contributed by atoms with Crippen molar-refractivity contribution in [2.45, 2.75) is 13.5 Å². The van der Waals surface area contributed by atoms with E-state index in [2.05, 4.69) is 41.5 Å². The molecule has 3 rings (SSSR count). The molecule has 1 N–H and O–H groups in total. The Hall–Kier alpha value is -1.58. The van der Waals surface area contributed by atoms with Crippen LogP contribution in [0.3, 0.4) is 0 Å². The maximum atomic E-state index is 5.96. The molecule has 2 nitrogen and oxygen atoms in total. The molecule has 0 unspecified atom stereocenters. The van der Waals surface area contributed by atoms with E-state index in [0.717, 1.165) is 26.9 Å². The summed E-state index contributed by atoms with van der Waals surface area (Å²) in [5.41, 5.74) is 3.48. The van der Waals surface area contributed by atoms with E-state index >= 15 is 0 Å². The topological polar surface area (TPSA) is 24.9 Å². The van der Waals surface area contributed by atoms with Crippen molar-refractivity contribution in [2.24, 2.45) is 0 Å². The predicted octanol–water partition coefficient (Wildman–Crippen LogP) is 4.87. The Morgan fingerprint density at radius 2 is 1.95 bits per heavy atom. The maximum absolute atomic E-state index is 5.96. The number of halogens is 1. The molecule has 0 amide bonds. The number of nitrogens with one attached hydrogen (secondary N) is 1. The van der Waals surface area contributed by atoms with Crippen LogP contribution in [-0.4, -0.2) is 4.98 Å². The molecule has 0 atom stereocenters. The molecule has 2 aromatic carbocycles. The van der Waals surface area contributed by atoms with Crippen molar-refractivity contribution in [3.63, 3.8) is 0 Å². The summed E-state index contributed by atoms with van der Waals surface area (Å²) in [7, 11) is 0. The fraction of sp³-hybridized carbons (Fsp3) is 0.133. The predicted molar refractivity (Wildman–Crippen MR) is 83.1 cm³/mol. The van der Waals surface area contributed by atoms with E-state index in [1.165, 1.54) is 11.1 Å². The molecule has 0 radical (unpaired) electrons. The molecule has 1 aromatic heterocycles. The molecule has 96 valence electrons. The van der Waals surface area contributed by atoms with Crippen LogP contribution in [0.1, 0.15) is 11.1 Å². The Labute approximate surface area is 121 Å². The van der Waals surface area contributed by atoms with Crippen molar-refractivity contribution >= 4 is 38.3 Å². The number of aryl methyl sites for hydroxylation is 1. The van der Waals surface area contributed by atoms with Crippen LogP contribution in [0.15, 0.2) is 42.5 Å². The Kier molecular flexibility index (Phi) is 3.40. The molecule has 0 aliphatic carbocycles. The van der Waals surface area contributed by atoms with Crippen molar-refractivity contribution in [2.75, 3.05) is 5.32 Å². The number of fused-ring (bicyclic) bond motifs is 1.